The van der Waals surface area contributed by atoms with Gasteiger partial charge in [0.1, 0.15) is 23.8 Å². The van der Waals surface area contributed by atoms with Gasteiger partial charge in [-0.15, -0.1) is 0 Å². The van der Waals surface area contributed by atoms with Gasteiger partial charge < -0.3 is 19.3 Å². The zero-order valence-corrected chi connectivity index (χ0v) is 19.5. The Bertz CT molecular complexity index is 1130. The minimum Gasteiger partial charge on any atom is -0.490 e. The van der Waals surface area contributed by atoms with Crippen LogP contribution in [0, 0.1) is 5.82 Å². The molecule has 3 aromatic rings. The highest BCUT2D eigenvalue weighted by Gasteiger charge is 2.42. The Hall–Kier alpha value is -3.85. The van der Waals surface area contributed by atoms with Gasteiger partial charge in [0.15, 0.2) is 0 Å². The Balaban J connectivity index is 1.51. The molecule has 0 saturated carbocycles. The zero-order valence-electron chi connectivity index (χ0n) is 19.5. The summed E-state index contributed by atoms with van der Waals surface area (Å²) in [5, 5.41) is 7.51. The van der Waals surface area contributed by atoms with Gasteiger partial charge >= 0.3 is 0 Å². The number of carbonyl (C=O) groups is 2. The average Bonchev–Trinajstić information content (AvgIpc) is 2.89. The largest absolute Gasteiger partial charge is 0.490 e. The van der Waals surface area contributed by atoms with Crippen LogP contribution >= 0.6 is 0 Å². The van der Waals surface area contributed by atoms with Gasteiger partial charge in [0.2, 0.25) is 5.91 Å². The molecule has 1 aliphatic rings. The highest BCUT2D eigenvalue weighted by atomic mass is 19.1. The molecule has 0 aliphatic carbocycles. The highest BCUT2D eigenvalue weighted by Crippen LogP contribution is 2.26. The molecule has 182 valence electrons. The lowest BCUT2D eigenvalue weighted by atomic mass is 9.96. The van der Waals surface area contributed by atoms with Crippen molar-refractivity contribution in [3.63, 3.8) is 0 Å². The Labute approximate surface area is 203 Å². The minimum absolute atomic E-state index is 0.00982. The van der Waals surface area contributed by atoms with Crippen LogP contribution in [0.5, 0.6) is 5.75 Å². The number of benzene rings is 2. The summed E-state index contributed by atoms with van der Waals surface area (Å²) in [5.74, 6) is -0.293. The van der Waals surface area contributed by atoms with E-state index < -0.39 is 5.60 Å². The molecule has 0 spiro atoms. The summed E-state index contributed by atoms with van der Waals surface area (Å²) in [6.07, 6.45) is 2.88. The number of hydrogen-bond acceptors (Lipinski definition) is 6. The van der Waals surface area contributed by atoms with Crippen LogP contribution < -0.4 is 4.74 Å². The molecule has 1 atom stereocenters. The van der Waals surface area contributed by atoms with Crippen LogP contribution in [-0.2, 0) is 16.1 Å². The molecule has 4 rings (SSSR count). The van der Waals surface area contributed by atoms with Gasteiger partial charge in [-0.2, -0.15) is 10.2 Å². The second kappa shape index (κ2) is 11.1. The number of halogens is 1. The Kier molecular flexibility index (Phi) is 7.67. The van der Waals surface area contributed by atoms with Crippen molar-refractivity contribution < 1.29 is 23.5 Å². The fraction of sp³-hybridized carbons (Fsp3) is 0.308. The van der Waals surface area contributed by atoms with E-state index in [-0.39, 0.29) is 43.8 Å². The predicted molar refractivity (Wildman–Crippen MR) is 126 cm³/mol. The van der Waals surface area contributed by atoms with Crippen molar-refractivity contribution in [1.29, 1.82) is 0 Å². The third kappa shape index (κ3) is 6.39. The quantitative estimate of drug-likeness (QED) is 0.495. The molecule has 0 unspecified atom stereocenters. The number of morpholine rings is 1. The molecule has 9 heteroatoms. The summed E-state index contributed by atoms with van der Waals surface area (Å²) < 4.78 is 25.4. The summed E-state index contributed by atoms with van der Waals surface area (Å²) in [6, 6.07) is 16.9. The first kappa shape index (κ1) is 24.3. The SMILES string of the molecule is CN(Cc1ccccc1)C(=O)C[C@@]1(COc2ccc(F)cc2)CN(C(=O)c2ccnnc2)CCO1. The molecule has 1 saturated heterocycles. The van der Waals surface area contributed by atoms with Gasteiger partial charge in [-0.3, -0.25) is 9.59 Å². The smallest absolute Gasteiger partial charge is 0.255 e. The number of hydrogen-bond donors (Lipinski definition) is 0. The number of aromatic nitrogens is 2. The van der Waals surface area contributed by atoms with Gasteiger partial charge in [-0.25, -0.2) is 4.39 Å². The van der Waals surface area contributed by atoms with Crippen LogP contribution in [0.4, 0.5) is 4.39 Å². The van der Waals surface area contributed by atoms with Crippen molar-refractivity contribution >= 4 is 11.8 Å². The third-order valence-corrected chi connectivity index (χ3v) is 5.84. The lowest BCUT2D eigenvalue weighted by molar-refractivity contribution is -0.152. The van der Waals surface area contributed by atoms with Gasteiger partial charge in [0.05, 0.1) is 37.5 Å². The summed E-state index contributed by atoms with van der Waals surface area (Å²) in [7, 11) is 1.73. The first-order valence-corrected chi connectivity index (χ1v) is 11.3. The van der Waals surface area contributed by atoms with E-state index in [0.29, 0.717) is 24.4 Å². The summed E-state index contributed by atoms with van der Waals surface area (Å²) in [5.41, 5.74) is 0.333. The van der Waals surface area contributed by atoms with Crippen LogP contribution in [0.15, 0.2) is 73.1 Å². The molecule has 1 aliphatic heterocycles. The first-order chi connectivity index (χ1) is 16.9. The third-order valence-electron chi connectivity index (χ3n) is 5.84. The fourth-order valence-electron chi connectivity index (χ4n) is 3.96. The Morgan fingerprint density at radius 2 is 1.89 bits per heavy atom. The van der Waals surface area contributed by atoms with Gasteiger partial charge in [-0.05, 0) is 35.9 Å². The lowest BCUT2D eigenvalue weighted by Gasteiger charge is -2.42. The molecule has 2 aromatic carbocycles. The maximum atomic E-state index is 13.3. The maximum absolute atomic E-state index is 13.3. The molecule has 1 fully saturated rings. The van der Waals surface area contributed by atoms with E-state index in [1.807, 2.05) is 30.3 Å². The molecule has 0 N–H and O–H groups in total. The van der Waals surface area contributed by atoms with Crippen molar-refractivity contribution in [2.45, 2.75) is 18.6 Å². The number of amides is 2. The fourth-order valence-corrected chi connectivity index (χ4v) is 3.96. The molecule has 0 radical (unpaired) electrons. The van der Waals surface area contributed by atoms with Crippen LogP contribution in [0.3, 0.4) is 0 Å². The summed E-state index contributed by atoms with van der Waals surface area (Å²) in [6.45, 7) is 1.22. The van der Waals surface area contributed by atoms with E-state index >= 15 is 0 Å². The molecular formula is C26H27FN4O4. The molecule has 35 heavy (non-hydrogen) atoms. The van der Waals surface area contributed by atoms with E-state index in [1.165, 1.54) is 36.7 Å². The van der Waals surface area contributed by atoms with Crippen molar-refractivity contribution in [3.8, 4) is 5.75 Å². The molecule has 1 aromatic heterocycles. The first-order valence-electron chi connectivity index (χ1n) is 11.3. The number of carbonyl (C=O) groups excluding carboxylic acids is 2. The van der Waals surface area contributed by atoms with Crippen LogP contribution in [-0.4, -0.2) is 70.8 Å². The van der Waals surface area contributed by atoms with E-state index in [0.717, 1.165) is 5.56 Å². The van der Waals surface area contributed by atoms with E-state index in [2.05, 4.69) is 10.2 Å². The van der Waals surface area contributed by atoms with Crippen molar-refractivity contribution in [2.24, 2.45) is 0 Å². The van der Waals surface area contributed by atoms with E-state index in [1.54, 1.807) is 22.9 Å². The second-order valence-corrected chi connectivity index (χ2v) is 8.54. The average molecular weight is 479 g/mol. The minimum atomic E-state index is -1.08. The summed E-state index contributed by atoms with van der Waals surface area (Å²) in [4.78, 5) is 29.6. The monoisotopic (exact) mass is 478 g/mol. The highest BCUT2D eigenvalue weighted by molar-refractivity contribution is 5.94. The van der Waals surface area contributed by atoms with E-state index in [9.17, 15) is 14.0 Å². The predicted octanol–water partition coefficient (Wildman–Crippen LogP) is 2.95. The molecule has 0 bridgehead atoms. The Morgan fingerprint density at radius 1 is 1.11 bits per heavy atom. The standard InChI is InChI=1S/C26H27FN4O4/c1-30(17-20-5-3-2-4-6-20)24(32)15-26(19-34-23-9-7-22(27)8-10-23)18-31(13-14-35-26)25(33)21-11-12-28-29-16-21/h2-12,16H,13-15,17-19H2,1H3/t26-/m0/s1. The van der Waals surface area contributed by atoms with Gasteiger partial charge in [-0.1, -0.05) is 30.3 Å². The molecular weight excluding hydrogens is 451 g/mol. The van der Waals surface area contributed by atoms with Crippen LogP contribution in [0.1, 0.15) is 22.3 Å². The topological polar surface area (TPSA) is 84.9 Å². The number of rotatable bonds is 8. The zero-order chi connectivity index (χ0) is 24.7. The second-order valence-electron chi connectivity index (χ2n) is 8.54. The normalized spacial score (nSPS) is 17.6. The lowest BCUT2D eigenvalue weighted by Crippen LogP contribution is -2.58. The van der Waals surface area contributed by atoms with Crippen LogP contribution in [0.25, 0.3) is 0 Å². The van der Waals surface area contributed by atoms with Crippen LogP contribution in [0.2, 0.25) is 0 Å². The Morgan fingerprint density at radius 3 is 2.60 bits per heavy atom. The van der Waals surface area contributed by atoms with Crippen molar-refractivity contribution in [3.05, 3.63) is 90.0 Å². The maximum Gasteiger partial charge on any atom is 0.255 e. The van der Waals surface area contributed by atoms with Crippen molar-refractivity contribution in [1.82, 2.24) is 20.0 Å². The van der Waals surface area contributed by atoms with Crippen molar-refractivity contribution in [2.75, 3.05) is 33.4 Å². The van der Waals surface area contributed by atoms with E-state index in [4.69, 9.17) is 9.47 Å². The number of nitrogens with zero attached hydrogens (tertiary/aromatic N) is 4. The molecule has 2 amide bonds. The van der Waals surface area contributed by atoms with Gasteiger partial charge in [0, 0.05) is 20.1 Å². The molecule has 8 nitrogen and oxygen atoms in total. The van der Waals surface area contributed by atoms with Gasteiger partial charge in [0.25, 0.3) is 5.91 Å². The number of ether oxygens (including phenoxy) is 2. The summed E-state index contributed by atoms with van der Waals surface area (Å²) >= 11 is 0. The molecule has 2 heterocycles.